The van der Waals surface area contributed by atoms with Crippen molar-refractivity contribution in [3.63, 3.8) is 0 Å². The van der Waals surface area contributed by atoms with Crippen LogP contribution in [-0.4, -0.2) is 31.3 Å². The minimum absolute atomic E-state index is 0.283. The molecular weight excluding hydrogens is 243 g/mol. The van der Waals surface area contributed by atoms with Crippen molar-refractivity contribution in [2.75, 3.05) is 31.2 Å². The molecule has 1 aromatic heterocycles. The number of nitrogens with zero attached hydrogens (tertiary/aromatic N) is 2. The van der Waals surface area contributed by atoms with Crippen molar-refractivity contribution in [3.05, 3.63) is 48.4 Å². The highest BCUT2D eigenvalue weighted by molar-refractivity contribution is 5.63. The van der Waals surface area contributed by atoms with Crippen LogP contribution in [0, 0.1) is 11.9 Å². The number of aromatic nitrogens is 1. The van der Waals surface area contributed by atoms with E-state index < -0.39 is 0 Å². The van der Waals surface area contributed by atoms with Crippen molar-refractivity contribution >= 4 is 5.82 Å². The molecule has 1 aliphatic rings. The standard InChI is InChI=1S/C15H14FN2O/c16-14-3-1-2-12(10-14)13-4-5-15(17-11-13)18-6-8-19-9-7-18/h2-5,10-11H,6-9H2. The molecule has 0 amide bonds. The average molecular weight is 257 g/mol. The van der Waals surface area contributed by atoms with Crippen LogP contribution in [0.1, 0.15) is 0 Å². The number of anilines is 1. The Labute approximate surface area is 111 Å². The smallest absolute Gasteiger partial charge is 0.128 e. The van der Waals surface area contributed by atoms with Gasteiger partial charge in [0.25, 0.3) is 0 Å². The monoisotopic (exact) mass is 257 g/mol. The van der Waals surface area contributed by atoms with Gasteiger partial charge < -0.3 is 9.64 Å². The number of halogens is 1. The number of pyridine rings is 1. The van der Waals surface area contributed by atoms with Crippen molar-refractivity contribution in [1.82, 2.24) is 4.98 Å². The lowest BCUT2D eigenvalue weighted by Gasteiger charge is -2.27. The zero-order valence-electron chi connectivity index (χ0n) is 10.5. The lowest BCUT2D eigenvalue weighted by Crippen LogP contribution is -2.36. The van der Waals surface area contributed by atoms with Crippen molar-refractivity contribution in [1.29, 1.82) is 0 Å². The van der Waals surface area contributed by atoms with Crippen molar-refractivity contribution in [3.8, 4) is 11.1 Å². The molecule has 2 aromatic rings. The van der Waals surface area contributed by atoms with Crippen LogP contribution in [0.15, 0.2) is 36.5 Å². The van der Waals surface area contributed by atoms with Gasteiger partial charge in [0, 0.05) is 24.8 Å². The Hall–Kier alpha value is -1.94. The molecule has 1 aliphatic heterocycles. The zero-order chi connectivity index (χ0) is 13.1. The van der Waals surface area contributed by atoms with E-state index in [2.05, 4.69) is 16.0 Å². The Kier molecular flexibility index (Phi) is 3.42. The maximum absolute atomic E-state index is 13.1. The van der Waals surface area contributed by atoms with Crippen LogP contribution in [-0.2, 0) is 4.74 Å². The third kappa shape index (κ3) is 2.74. The summed E-state index contributed by atoms with van der Waals surface area (Å²) in [6.45, 7) is 3.20. The van der Waals surface area contributed by atoms with Crippen LogP contribution in [0.5, 0.6) is 0 Å². The first-order valence-electron chi connectivity index (χ1n) is 6.29. The van der Waals surface area contributed by atoms with E-state index in [1.807, 2.05) is 12.1 Å². The summed E-state index contributed by atoms with van der Waals surface area (Å²) in [4.78, 5) is 6.63. The molecule has 0 unspecified atom stereocenters. The second kappa shape index (κ2) is 5.36. The first-order chi connectivity index (χ1) is 9.33. The lowest BCUT2D eigenvalue weighted by atomic mass is 10.1. The lowest BCUT2D eigenvalue weighted by molar-refractivity contribution is 0.122. The maximum atomic E-state index is 13.1. The third-order valence-electron chi connectivity index (χ3n) is 3.17. The molecule has 0 aliphatic carbocycles. The number of morpholine rings is 1. The highest BCUT2D eigenvalue weighted by Crippen LogP contribution is 2.21. The summed E-state index contributed by atoms with van der Waals surface area (Å²) < 4.78 is 18.5. The normalized spacial score (nSPS) is 15.5. The third-order valence-corrected chi connectivity index (χ3v) is 3.17. The van der Waals surface area contributed by atoms with Gasteiger partial charge in [0.1, 0.15) is 11.6 Å². The van der Waals surface area contributed by atoms with Gasteiger partial charge in [-0.1, -0.05) is 0 Å². The van der Waals surface area contributed by atoms with Gasteiger partial charge in [0.15, 0.2) is 0 Å². The molecule has 4 heteroatoms. The maximum Gasteiger partial charge on any atom is 0.128 e. The molecule has 2 heterocycles. The molecule has 0 saturated carbocycles. The molecule has 1 fully saturated rings. The van der Waals surface area contributed by atoms with Crippen LogP contribution >= 0.6 is 0 Å². The Balaban J connectivity index is 1.82. The van der Waals surface area contributed by atoms with Crippen LogP contribution in [0.25, 0.3) is 11.1 Å². The van der Waals surface area contributed by atoms with Gasteiger partial charge in [-0.15, -0.1) is 0 Å². The number of rotatable bonds is 2. The largest absolute Gasteiger partial charge is 0.378 e. The van der Waals surface area contributed by atoms with Crippen LogP contribution < -0.4 is 4.90 Å². The minimum Gasteiger partial charge on any atom is -0.378 e. The second-order valence-corrected chi connectivity index (χ2v) is 4.44. The van der Waals surface area contributed by atoms with E-state index in [0.29, 0.717) is 0 Å². The van der Waals surface area contributed by atoms with Gasteiger partial charge >= 0.3 is 0 Å². The van der Waals surface area contributed by atoms with E-state index in [0.717, 1.165) is 43.2 Å². The molecule has 0 atom stereocenters. The fourth-order valence-corrected chi connectivity index (χ4v) is 2.15. The Morgan fingerprint density at radius 3 is 2.68 bits per heavy atom. The molecule has 1 radical (unpaired) electrons. The Morgan fingerprint density at radius 2 is 2.00 bits per heavy atom. The number of hydrogen-bond donors (Lipinski definition) is 0. The van der Waals surface area contributed by atoms with Gasteiger partial charge in [-0.2, -0.15) is 0 Å². The number of hydrogen-bond acceptors (Lipinski definition) is 3. The topological polar surface area (TPSA) is 25.4 Å². The molecule has 1 aromatic carbocycles. The predicted octanol–water partition coefficient (Wildman–Crippen LogP) is 2.52. The Morgan fingerprint density at radius 1 is 1.16 bits per heavy atom. The minimum atomic E-state index is -0.283. The molecular formula is C15H14FN2O. The van der Waals surface area contributed by atoms with E-state index >= 15 is 0 Å². The fraction of sp³-hybridized carbons (Fsp3) is 0.267. The summed E-state index contributed by atoms with van der Waals surface area (Å²) >= 11 is 0. The van der Waals surface area contributed by atoms with E-state index in [4.69, 9.17) is 4.74 Å². The first-order valence-corrected chi connectivity index (χ1v) is 6.29. The average Bonchev–Trinajstić information content (AvgIpc) is 2.48. The molecule has 0 spiro atoms. The van der Waals surface area contributed by atoms with Crippen LogP contribution in [0.2, 0.25) is 0 Å². The van der Waals surface area contributed by atoms with Gasteiger partial charge in [0.2, 0.25) is 0 Å². The highest BCUT2D eigenvalue weighted by Gasteiger charge is 2.12. The molecule has 3 rings (SSSR count). The Bertz CT molecular complexity index is 550. The first kappa shape index (κ1) is 12.1. The highest BCUT2D eigenvalue weighted by atomic mass is 19.1. The van der Waals surface area contributed by atoms with Crippen molar-refractivity contribution in [2.45, 2.75) is 0 Å². The van der Waals surface area contributed by atoms with Gasteiger partial charge in [-0.25, -0.2) is 9.37 Å². The summed E-state index contributed by atoms with van der Waals surface area (Å²) in [5.41, 5.74) is 1.69. The second-order valence-electron chi connectivity index (χ2n) is 4.44. The van der Waals surface area contributed by atoms with Crippen LogP contribution in [0.4, 0.5) is 10.2 Å². The SMILES string of the molecule is Fc1c[c]cc(-c2ccc(N3CCOCC3)nc2)c1. The molecule has 0 N–H and O–H groups in total. The molecule has 19 heavy (non-hydrogen) atoms. The van der Waals surface area contributed by atoms with E-state index in [1.165, 1.54) is 12.1 Å². The molecule has 3 nitrogen and oxygen atoms in total. The fourth-order valence-electron chi connectivity index (χ4n) is 2.15. The molecule has 1 saturated heterocycles. The van der Waals surface area contributed by atoms with E-state index in [1.54, 1.807) is 12.3 Å². The number of benzene rings is 1. The van der Waals surface area contributed by atoms with Crippen LogP contribution in [0.3, 0.4) is 0 Å². The zero-order valence-corrected chi connectivity index (χ0v) is 10.5. The van der Waals surface area contributed by atoms with Gasteiger partial charge in [0.05, 0.1) is 13.2 Å². The van der Waals surface area contributed by atoms with Gasteiger partial charge in [-0.3, -0.25) is 0 Å². The van der Waals surface area contributed by atoms with Gasteiger partial charge in [-0.05, 0) is 42.0 Å². The van der Waals surface area contributed by atoms with E-state index in [-0.39, 0.29) is 5.82 Å². The summed E-state index contributed by atoms with van der Waals surface area (Å²) in [5, 5.41) is 0. The predicted molar refractivity (Wildman–Crippen MR) is 71.5 cm³/mol. The van der Waals surface area contributed by atoms with E-state index in [9.17, 15) is 4.39 Å². The summed E-state index contributed by atoms with van der Waals surface area (Å²) in [6, 6.07) is 11.3. The summed E-state index contributed by atoms with van der Waals surface area (Å²) in [5.74, 6) is 0.655. The summed E-state index contributed by atoms with van der Waals surface area (Å²) in [6.07, 6.45) is 1.77. The molecule has 97 valence electrons. The summed E-state index contributed by atoms with van der Waals surface area (Å²) in [7, 11) is 0. The van der Waals surface area contributed by atoms with Crippen molar-refractivity contribution in [2.24, 2.45) is 0 Å². The number of ether oxygens (including phenoxy) is 1. The molecule has 0 bridgehead atoms. The quantitative estimate of drug-likeness (QED) is 0.826. The van der Waals surface area contributed by atoms with Crippen molar-refractivity contribution < 1.29 is 9.13 Å².